The van der Waals surface area contributed by atoms with Crippen molar-refractivity contribution in [3.63, 3.8) is 0 Å². The van der Waals surface area contributed by atoms with Crippen LogP contribution in [-0.4, -0.2) is 59.1 Å². The van der Waals surface area contributed by atoms with Crippen molar-refractivity contribution in [1.29, 1.82) is 0 Å². The molecule has 8 N–H and O–H groups in total. The van der Waals surface area contributed by atoms with Crippen molar-refractivity contribution < 1.29 is 29.4 Å². The third kappa shape index (κ3) is 9.42. The van der Waals surface area contributed by atoms with Gasteiger partial charge in [0.2, 0.25) is 17.7 Å². The van der Waals surface area contributed by atoms with E-state index in [2.05, 4.69) is 10.6 Å². The van der Waals surface area contributed by atoms with Gasteiger partial charge in [-0.3, -0.25) is 19.2 Å². The number of aliphatic hydroxyl groups excluding tert-OH is 1. The molecule has 0 saturated heterocycles. The highest BCUT2D eigenvalue weighted by Gasteiger charge is 2.24. The Bertz CT molecular complexity index is 429. The predicted octanol–water partition coefficient (Wildman–Crippen LogP) is -2.57. The lowest BCUT2D eigenvalue weighted by atomic mass is 10.1. The zero-order valence-corrected chi connectivity index (χ0v) is 12.8. The second kappa shape index (κ2) is 11.4. The fourth-order valence-corrected chi connectivity index (χ4v) is 1.73. The van der Waals surface area contributed by atoms with Crippen LogP contribution in [0.3, 0.4) is 0 Å². The number of aliphatic carboxylic acids is 1. The second-order valence-electron chi connectivity index (χ2n) is 4.94. The SMILES string of the molecule is NCCCC[C@H](NC(=O)[C@H](CO)NC(=O)CCC(=O)O)C(N)=O. The first-order valence-electron chi connectivity index (χ1n) is 7.23. The molecule has 0 rings (SSSR count). The van der Waals surface area contributed by atoms with Crippen LogP contribution in [0, 0.1) is 0 Å². The molecule has 0 aliphatic rings. The number of unbranched alkanes of at least 4 members (excludes halogenated alkanes) is 1. The molecule has 132 valence electrons. The average molecular weight is 332 g/mol. The molecule has 0 unspecified atom stereocenters. The second-order valence-corrected chi connectivity index (χ2v) is 4.94. The molecule has 0 spiro atoms. The first kappa shape index (κ1) is 20.8. The number of nitrogens with one attached hydrogen (secondary N) is 2. The Kier molecular flexibility index (Phi) is 10.3. The quantitative estimate of drug-likeness (QED) is 0.212. The van der Waals surface area contributed by atoms with Crippen LogP contribution in [0.1, 0.15) is 32.1 Å². The van der Waals surface area contributed by atoms with E-state index in [1.165, 1.54) is 0 Å². The first-order chi connectivity index (χ1) is 10.8. The van der Waals surface area contributed by atoms with E-state index in [-0.39, 0.29) is 6.42 Å². The summed E-state index contributed by atoms with van der Waals surface area (Å²) in [4.78, 5) is 45.1. The zero-order chi connectivity index (χ0) is 17.8. The third-order valence-corrected chi connectivity index (χ3v) is 3.01. The van der Waals surface area contributed by atoms with E-state index in [0.29, 0.717) is 25.8 Å². The number of aliphatic hydroxyl groups is 1. The van der Waals surface area contributed by atoms with Gasteiger partial charge in [0, 0.05) is 6.42 Å². The molecule has 3 amide bonds. The van der Waals surface area contributed by atoms with Crippen molar-refractivity contribution >= 4 is 23.7 Å². The molecule has 0 bridgehead atoms. The van der Waals surface area contributed by atoms with E-state index < -0.39 is 48.8 Å². The van der Waals surface area contributed by atoms with Gasteiger partial charge >= 0.3 is 5.97 Å². The van der Waals surface area contributed by atoms with Crippen LogP contribution in [0.15, 0.2) is 0 Å². The van der Waals surface area contributed by atoms with Crippen molar-refractivity contribution in [2.75, 3.05) is 13.2 Å². The number of nitrogens with two attached hydrogens (primary N) is 2. The van der Waals surface area contributed by atoms with Crippen LogP contribution < -0.4 is 22.1 Å². The molecule has 0 aromatic rings. The van der Waals surface area contributed by atoms with Gasteiger partial charge in [-0.15, -0.1) is 0 Å². The Morgan fingerprint density at radius 1 is 1.00 bits per heavy atom. The topological polar surface area (TPSA) is 185 Å². The lowest BCUT2D eigenvalue weighted by molar-refractivity contribution is -0.139. The number of amides is 3. The van der Waals surface area contributed by atoms with Crippen LogP contribution in [0.2, 0.25) is 0 Å². The summed E-state index contributed by atoms with van der Waals surface area (Å²) < 4.78 is 0. The number of carboxylic acid groups (broad SMARTS) is 1. The smallest absolute Gasteiger partial charge is 0.303 e. The molecule has 23 heavy (non-hydrogen) atoms. The van der Waals surface area contributed by atoms with Crippen molar-refractivity contribution in [2.45, 2.75) is 44.2 Å². The van der Waals surface area contributed by atoms with Gasteiger partial charge < -0.3 is 32.3 Å². The van der Waals surface area contributed by atoms with Crippen LogP contribution in [-0.2, 0) is 19.2 Å². The Labute approximate surface area is 133 Å². The monoisotopic (exact) mass is 332 g/mol. The highest BCUT2D eigenvalue weighted by Crippen LogP contribution is 2.01. The van der Waals surface area contributed by atoms with Gasteiger partial charge in [0.05, 0.1) is 13.0 Å². The van der Waals surface area contributed by atoms with Crippen molar-refractivity contribution in [1.82, 2.24) is 10.6 Å². The minimum atomic E-state index is -1.28. The Morgan fingerprint density at radius 2 is 1.65 bits per heavy atom. The maximum Gasteiger partial charge on any atom is 0.303 e. The predicted molar refractivity (Wildman–Crippen MR) is 79.9 cm³/mol. The van der Waals surface area contributed by atoms with E-state index in [4.69, 9.17) is 21.7 Å². The van der Waals surface area contributed by atoms with E-state index >= 15 is 0 Å². The highest BCUT2D eigenvalue weighted by atomic mass is 16.4. The third-order valence-electron chi connectivity index (χ3n) is 3.01. The molecule has 2 atom stereocenters. The van der Waals surface area contributed by atoms with Gasteiger partial charge in [-0.05, 0) is 25.8 Å². The fraction of sp³-hybridized carbons (Fsp3) is 0.692. The van der Waals surface area contributed by atoms with E-state index in [1.807, 2.05) is 0 Å². The summed E-state index contributed by atoms with van der Waals surface area (Å²) in [7, 11) is 0. The van der Waals surface area contributed by atoms with Gasteiger partial charge in [-0.1, -0.05) is 0 Å². The van der Waals surface area contributed by atoms with Gasteiger partial charge in [0.15, 0.2) is 0 Å². The molecule has 0 saturated carbocycles. The Morgan fingerprint density at radius 3 is 2.13 bits per heavy atom. The first-order valence-corrected chi connectivity index (χ1v) is 7.23. The standard InChI is InChI=1S/C13H24N4O6/c14-6-2-1-3-8(12(15)22)17-13(23)9(7-18)16-10(19)4-5-11(20)21/h8-9,18H,1-7,14H2,(H2,15,22)(H,16,19)(H,17,23)(H,20,21)/t8-,9-/m0/s1. The van der Waals surface area contributed by atoms with Crippen LogP contribution in [0.5, 0.6) is 0 Å². The van der Waals surface area contributed by atoms with Crippen molar-refractivity contribution in [3.8, 4) is 0 Å². The van der Waals surface area contributed by atoms with Crippen LogP contribution >= 0.6 is 0 Å². The summed E-state index contributed by atoms with van der Waals surface area (Å²) >= 11 is 0. The van der Waals surface area contributed by atoms with Crippen molar-refractivity contribution in [3.05, 3.63) is 0 Å². The molecule has 0 aromatic heterocycles. The number of hydrogen-bond acceptors (Lipinski definition) is 6. The van der Waals surface area contributed by atoms with Gasteiger partial charge in [-0.25, -0.2) is 0 Å². The van der Waals surface area contributed by atoms with E-state index in [9.17, 15) is 19.2 Å². The molecule has 0 aromatic carbocycles. The number of carboxylic acids is 1. The number of carbonyl (C=O) groups excluding carboxylic acids is 3. The summed E-state index contributed by atoms with van der Waals surface area (Å²) in [6, 6.07) is -2.22. The van der Waals surface area contributed by atoms with Crippen LogP contribution in [0.25, 0.3) is 0 Å². The molecular formula is C13H24N4O6. The molecule has 0 fully saturated rings. The lowest BCUT2D eigenvalue weighted by Gasteiger charge is -2.20. The van der Waals surface area contributed by atoms with Gasteiger partial charge in [0.1, 0.15) is 12.1 Å². The Balaban J connectivity index is 4.51. The molecule has 0 radical (unpaired) electrons. The number of carbonyl (C=O) groups is 4. The lowest BCUT2D eigenvalue weighted by Crippen LogP contribution is -2.54. The molecule has 10 nitrogen and oxygen atoms in total. The summed E-state index contributed by atoms with van der Waals surface area (Å²) in [5.74, 6) is -3.35. The normalized spacial score (nSPS) is 13.0. The highest BCUT2D eigenvalue weighted by molar-refractivity contribution is 5.92. The molecule has 0 aliphatic heterocycles. The minimum absolute atomic E-state index is 0.295. The average Bonchev–Trinajstić information content (AvgIpc) is 2.49. The minimum Gasteiger partial charge on any atom is -0.481 e. The zero-order valence-electron chi connectivity index (χ0n) is 12.8. The fourth-order valence-electron chi connectivity index (χ4n) is 1.73. The maximum atomic E-state index is 12.0. The molecular weight excluding hydrogens is 308 g/mol. The molecule has 10 heteroatoms. The molecule has 0 aliphatic carbocycles. The summed E-state index contributed by atoms with van der Waals surface area (Å²) in [6.45, 7) is -0.253. The van der Waals surface area contributed by atoms with E-state index in [1.54, 1.807) is 0 Å². The summed E-state index contributed by atoms with van der Waals surface area (Å²) in [5, 5.41) is 22.2. The number of primary amides is 1. The Hall–Kier alpha value is -2.20. The van der Waals surface area contributed by atoms with Crippen LogP contribution in [0.4, 0.5) is 0 Å². The van der Waals surface area contributed by atoms with Crippen molar-refractivity contribution in [2.24, 2.45) is 11.5 Å². The summed E-state index contributed by atoms with van der Waals surface area (Å²) in [5.41, 5.74) is 10.5. The van der Waals surface area contributed by atoms with Gasteiger partial charge in [0.25, 0.3) is 0 Å². The molecule has 0 heterocycles. The largest absolute Gasteiger partial charge is 0.481 e. The maximum absolute atomic E-state index is 12.0. The number of rotatable bonds is 12. The van der Waals surface area contributed by atoms with E-state index in [0.717, 1.165) is 0 Å². The van der Waals surface area contributed by atoms with Gasteiger partial charge in [-0.2, -0.15) is 0 Å². The summed E-state index contributed by atoms with van der Waals surface area (Å²) in [6.07, 6.45) is 0.820. The number of hydrogen-bond donors (Lipinski definition) is 6.